The molecule has 0 aromatic heterocycles. The highest BCUT2D eigenvalue weighted by Crippen LogP contribution is 2.06. The number of carboxylic acid groups (broad SMARTS) is 1. The van der Waals surface area contributed by atoms with Crippen molar-refractivity contribution in [3.63, 3.8) is 0 Å². The Morgan fingerprint density at radius 2 is 1.82 bits per heavy atom. The van der Waals surface area contributed by atoms with E-state index in [-0.39, 0.29) is 38.1 Å². The third kappa shape index (κ3) is 11.1. The van der Waals surface area contributed by atoms with Crippen molar-refractivity contribution in [1.29, 1.82) is 0 Å². The van der Waals surface area contributed by atoms with E-state index in [1.165, 1.54) is 0 Å². The summed E-state index contributed by atoms with van der Waals surface area (Å²) in [5, 5.41) is 11.7. The van der Waals surface area contributed by atoms with Crippen LogP contribution in [0, 0.1) is 0 Å². The summed E-state index contributed by atoms with van der Waals surface area (Å²) in [5.74, 6) is -3.37. The van der Waals surface area contributed by atoms with Gasteiger partial charge < -0.3 is 37.7 Å². The van der Waals surface area contributed by atoms with Gasteiger partial charge in [-0.2, -0.15) is 0 Å². The molecule has 3 atom stereocenters. The zero-order chi connectivity index (χ0) is 21.7. The average Bonchev–Trinajstić information content (AvgIpc) is 2.64. The molecule has 0 saturated heterocycles. The van der Waals surface area contributed by atoms with Crippen LogP contribution in [0.4, 0.5) is 0 Å². The van der Waals surface area contributed by atoms with Gasteiger partial charge in [0, 0.05) is 13.0 Å². The Balaban J connectivity index is 4.65. The molecule has 12 nitrogen and oxygen atoms in total. The van der Waals surface area contributed by atoms with Gasteiger partial charge >= 0.3 is 5.97 Å². The molecule has 0 radical (unpaired) electrons. The van der Waals surface area contributed by atoms with E-state index in [1.807, 2.05) is 0 Å². The summed E-state index contributed by atoms with van der Waals surface area (Å²) in [6.45, 7) is -0.295. The lowest BCUT2D eigenvalue weighted by atomic mass is 10.0. The van der Waals surface area contributed by atoms with Crippen LogP contribution in [0.3, 0.4) is 0 Å². The van der Waals surface area contributed by atoms with Gasteiger partial charge in [-0.1, -0.05) is 0 Å². The number of nitrogens with zero attached hydrogens (tertiary/aromatic N) is 1. The average molecular weight is 421 g/mol. The topological polar surface area (TPSA) is 220 Å². The number of nitrogens with one attached hydrogen (secondary N) is 2. The Kier molecular flexibility index (Phi) is 12.1. The molecule has 0 aliphatic rings. The number of aliphatic imine (C=N–C) groups is 1. The van der Waals surface area contributed by atoms with E-state index >= 15 is 0 Å². The molecular formula is C15H25ClN6O6. The maximum atomic E-state index is 12.1. The number of rotatable bonds is 14. The smallest absolute Gasteiger partial charge is 0.303 e. The highest BCUT2D eigenvalue weighted by Gasteiger charge is 2.26. The summed E-state index contributed by atoms with van der Waals surface area (Å²) in [4.78, 5) is 60.8. The maximum absolute atomic E-state index is 12.1. The van der Waals surface area contributed by atoms with Gasteiger partial charge in [0.1, 0.15) is 11.7 Å². The number of hydrogen-bond acceptors (Lipinski definition) is 7. The molecular weight excluding hydrogens is 396 g/mol. The van der Waals surface area contributed by atoms with Crippen molar-refractivity contribution < 1.29 is 29.1 Å². The first-order valence-corrected chi connectivity index (χ1v) is 8.75. The SMILES string of the molecule is NC(N)=NCCCC(NC(=O)CNC(=O)C(N)CCC(=O)O)C(=O)C(Cl)C=O. The quantitative estimate of drug-likeness (QED) is 0.0426. The monoisotopic (exact) mass is 420 g/mol. The molecule has 0 fully saturated rings. The summed E-state index contributed by atoms with van der Waals surface area (Å²) in [6, 6.07) is -2.17. The number of amides is 2. The molecule has 2 amide bonds. The van der Waals surface area contributed by atoms with Crippen LogP contribution >= 0.6 is 11.6 Å². The fourth-order valence-electron chi connectivity index (χ4n) is 2.00. The molecule has 0 bridgehead atoms. The van der Waals surface area contributed by atoms with Gasteiger partial charge in [0.15, 0.2) is 11.7 Å². The van der Waals surface area contributed by atoms with Crippen molar-refractivity contribution >= 4 is 47.4 Å². The molecule has 0 aliphatic heterocycles. The van der Waals surface area contributed by atoms with Gasteiger partial charge in [0.05, 0.1) is 18.6 Å². The minimum Gasteiger partial charge on any atom is -0.481 e. The van der Waals surface area contributed by atoms with E-state index in [0.29, 0.717) is 6.42 Å². The first kappa shape index (κ1) is 25.3. The van der Waals surface area contributed by atoms with Crippen molar-refractivity contribution in [3.8, 4) is 0 Å². The van der Waals surface area contributed by atoms with E-state index in [2.05, 4.69) is 15.6 Å². The summed E-state index contributed by atoms with van der Waals surface area (Å²) in [5.41, 5.74) is 15.9. The number of aliphatic carboxylic acids is 1. The van der Waals surface area contributed by atoms with E-state index in [0.717, 1.165) is 0 Å². The predicted molar refractivity (Wildman–Crippen MR) is 100 cm³/mol. The lowest BCUT2D eigenvalue weighted by Gasteiger charge is -2.19. The second kappa shape index (κ2) is 13.4. The molecule has 0 heterocycles. The molecule has 0 spiro atoms. The van der Waals surface area contributed by atoms with Crippen LogP contribution < -0.4 is 27.8 Å². The third-order valence-corrected chi connectivity index (χ3v) is 3.76. The fraction of sp³-hybridized carbons (Fsp3) is 0.600. The molecule has 158 valence electrons. The van der Waals surface area contributed by atoms with E-state index < -0.39 is 47.6 Å². The minimum absolute atomic E-state index is 0.0953. The fourth-order valence-corrected chi connectivity index (χ4v) is 2.15. The lowest BCUT2D eigenvalue weighted by Crippen LogP contribution is -2.50. The van der Waals surface area contributed by atoms with Gasteiger partial charge in [-0.25, -0.2) is 0 Å². The van der Waals surface area contributed by atoms with Crippen molar-refractivity contribution in [1.82, 2.24) is 10.6 Å². The van der Waals surface area contributed by atoms with Gasteiger partial charge in [0.2, 0.25) is 11.8 Å². The number of aldehydes is 1. The molecule has 13 heteroatoms. The van der Waals surface area contributed by atoms with Crippen LogP contribution in [0.1, 0.15) is 25.7 Å². The maximum Gasteiger partial charge on any atom is 0.303 e. The molecule has 0 aliphatic carbocycles. The number of nitrogens with two attached hydrogens (primary N) is 3. The van der Waals surface area contributed by atoms with Gasteiger partial charge in [-0.05, 0) is 19.3 Å². The highest BCUT2D eigenvalue weighted by atomic mass is 35.5. The summed E-state index contributed by atoms with van der Waals surface area (Å²) >= 11 is 5.62. The van der Waals surface area contributed by atoms with Gasteiger partial charge in [0.25, 0.3) is 0 Å². The largest absolute Gasteiger partial charge is 0.481 e. The van der Waals surface area contributed by atoms with Crippen molar-refractivity contribution in [2.45, 2.75) is 43.1 Å². The van der Waals surface area contributed by atoms with E-state index in [4.69, 9.17) is 33.9 Å². The number of hydrogen-bond donors (Lipinski definition) is 6. The molecule has 0 aromatic carbocycles. The van der Waals surface area contributed by atoms with Crippen LogP contribution in [0.2, 0.25) is 0 Å². The number of ketones is 1. The molecule has 3 unspecified atom stereocenters. The molecule has 0 saturated carbocycles. The van der Waals surface area contributed by atoms with Crippen LogP contribution in [-0.4, -0.2) is 71.5 Å². The Hall–Kier alpha value is -2.73. The summed E-state index contributed by atoms with van der Waals surface area (Å²) in [6.07, 6.45) is 0.286. The zero-order valence-corrected chi connectivity index (χ0v) is 15.9. The lowest BCUT2D eigenvalue weighted by molar-refractivity contribution is -0.137. The van der Waals surface area contributed by atoms with E-state index in [1.54, 1.807) is 0 Å². The van der Waals surface area contributed by atoms with Crippen molar-refractivity contribution in [2.75, 3.05) is 13.1 Å². The van der Waals surface area contributed by atoms with Gasteiger partial charge in [-0.3, -0.25) is 24.2 Å². The summed E-state index contributed by atoms with van der Waals surface area (Å²) in [7, 11) is 0. The number of carboxylic acids is 1. The number of carbonyl (C=O) groups excluding carboxylic acids is 4. The van der Waals surface area contributed by atoms with Crippen LogP contribution in [0.5, 0.6) is 0 Å². The van der Waals surface area contributed by atoms with Crippen LogP contribution in [0.15, 0.2) is 4.99 Å². The van der Waals surface area contributed by atoms with Gasteiger partial charge in [-0.15, -0.1) is 11.6 Å². The van der Waals surface area contributed by atoms with Crippen LogP contribution in [0.25, 0.3) is 0 Å². The Bertz CT molecular complexity index is 610. The second-order valence-corrected chi connectivity index (χ2v) is 6.24. The van der Waals surface area contributed by atoms with Crippen molar-refractivity contribution in [2.24, 2.45) is 22.2 Å². The Labute approximate surface area is 166 Å². The Morgan fingerprint density at radius 1 is 1.18 bits per heavy atom. The number of Topliss-reactive ketones (excluding diaryl/α,β-unsaturated/α-hetero) is 1. The standard InChI is InChI=1S/C15H25ClN6O6/c16-8(7-23)13(27)10(2-1-5-20-15(18)19)22-11(24)6-21-14(28)9(17)3-4-12(25)26/h7-10H,1-6,17H2,(H,21,28)(H,22,24)(H,25,26)(H4,18,19,20). The number of guanidine groups is 1. The predicted octanol–water partition coefficient (Wildman–Crippen LogP) is -2.79. The van der Waals surface area contributed by atoms with E-state index in [9.17, 15) is 24.0 Å². The van der Waals surface area contributed by atoms with Crippen LogP contribution in [-0.2, 0) is 24.0 Å². The van der Waals surface area contributed by atoms with Crippen molar-refractivity contribution in [3.05, 3.63) is 0 Å². The third-order valence-electron chi connectivity index (χ3n) is 3.44. The zero-order valence-electron chi connectivity index (χ0n) is 15.1. The highest BCUT2D eigenvalue weighted by molar-refractivity contribution is 6.39. The second-order valence-electron chi connectivity index (χ2n) is 5.77. The Morgan fingerprint density at radius 3 is 2.36 bits per heavy atom. The minimum atomic E-state index is -1.44. The number of carbonyl (C=O) groups is 5. The molecule has 9 N–H and O–H groups in total. The number of alkyl halides is 1. The molecule has 0 rings (SSSR count). The molecule has 0 aromatic rings. The normalized spacial score (nSPS) is 13.5. The molecule has 28 heavy (non-hydrogen) atoms. The summed E-state index contributed by atoms with van der Waals surface area (Å²) < 4.78 is 0. The first-order chi connectivity index (χ1) is 13.1. The number of halogens is 1. The first-order valence-electron chi connectivity index (χ1n) is 8.31.